The molecular weight excluding hydrogens is 318 g/mol. The van der Waals surface area contributed by atoms with Gasteiger partial charge in [-0.1, -0.05) is 6.07 Å². The van der Waals surface area contributed by atoms with Crippen molar-refractivity contribution in [2.45, 2.75) is 12.2 Å². The summed E-state index contributed by atoms with van der Waals surface area (Å²) < 4.78 is 0. The number of thioether (sulfide) groups is 1. The predicted octanol–water partition coefficient (Wildman–Crippen LogP) is 3.98. The molecule has 1 aliphatic heterocycles. The second-order valence-electron chi connectivity index (χ2n) is 5.88. The van der Waals surface area contributed by atoms with E-state index in [0.717, 1.165) is 40.1 Å². The van der Waals surface area contributed by atoms with Crippen molar-refractivity contribution in [2.24, 2.45) is 0 Å². The van der Waals surface area contributed by atoms with Crippen LogP contribution in [0.5, 0.6) is 5.75 Å². The fraction of sp³-hybridized carbons (Fsp3) is 0.158. The normalized spacial score (nSPS) is 13.7. The lowest BCUT2D eigenvalue weighted by atomic mass is 9.94. The molecule has 120 valence electrons. The molecule has 0 fully saturated rings. The van der Waals surface area contributed by atoms with Crippen molar-refractivity contribution in [1.29, 1.82) is 5.41 Å². The Kier molecular flexibility index (Phi) is 3.65. The van der Waals surface area contributed by atoms with Crippen LogP contribution in [0.15, 0.2) is 36.4 Å². The molecule has 0 unspecified atom stereocenters. The Labute approximate surface area is 144 Å². The van der Waals surface area contributed by atoms with E-state index in [0.29, 0.717) is 11.3 Å². The van der Waals surface area contributed by atoms with Crippen molar-refractivity contribution in [3.8, 4) is 17.0 Å². The first-order chi connectivity index (χ1) is 11.7. The van der Waals surface area contributed by atoms with Crippen molar-refractivity contribution >= 4 is 34.6 Å². The van der Waals surface area contributed by atoms with Gasteiger partial charge in [0.25, 0.3) is 0 Å². The number of aromatic nitrogens is 1. The van der Waals surface area contributed by atoms with Gasteiger partial charge in [0.05, 0.1) is 11.2 Å². The van der Waals surface area contributed by atoms with Gasteiger partial charge in [0.1, 0.15) is 5.75 Å². The Morgan fingerprint density at radius 3 is 2.67 bits per heavy atom. The first-order valence-electron chi connectivity index (χ1n) is 7.80. The molecular formula is C19H17N3OS. The molecule has 1 aromatic heterocycles. The molecule has 0 atom stereocenters. The zero-order valence-electron chi connectivity index (χ0n) is 13.0. The number of hydrogen-bond donors (Lipinski definition) is 3. The van der Waals surface area contributed by atoms with E-state index < -0.39 is 0 Å². The maximum Gasteiger partial charge on any atom is 0.115 e. The van der Waals surface area contributed by atoms with Crippen molar-refractivity contribution in [3.63, 3.8) is 0 Å². The van der Waals surface area contributed by atoms with Crippen LogP contribution in [0.1, 0.15) is 16.7 Å². The van der Waals surface area contributed by atoms with Crippen LogP contribution < -0.4 is 5.73 Å². The molecule has 0 radical (unpaired) electrons. The van der Waals surface area contributed by atoms with E-state index >= 15 is 0 Å². The highest BCUT2D eigenvalue weighted by Gasteiger charge is 2.21. The molecule has 0 amide bonds. The van der Waals surface area contributed by atoms with Gasteiger partial charge in [0.15, 0.2) is 0 Å². The maximum absolute atomic E-state index is 9.56. The minimum atomic E-state index is 0.244. The highest BCUT2D eigenvalue weighted by molar-refractivity contribution is 7.98. The second-order valence-corrected chi connectivity index (χ2v) is 6.98. The molecule has 0 saturated carbocycles. The molecule has 3 aromatic rings. The van der Waals surface area contributed by atoms with Gasteiger partial charge in [-0.15, -0.1) is 0 Å². The third-order valence-corrected chi connectivity index (χ3v) is 5.46. The van der Waals surface area contributed by atoms with Crippen molar-refractivity contribution in [1.82, 2.24) is 4.98 Å². The first-order valence-corrected chi connectivity index (χ1v) is 8.96. The average Bonchev–Trinajstić information content (AvgIpc) is 2.61. The zero-order valence-corrected chi connectivity index (χ0v) is 13.9. The monoisotopic (exact) mass is 335 g/mol. The minimum Gasteiger partial charge on any atom is -0.508 e. The minimum absolute atomic E-state index is 0.244. The first kappa shape index (κ1) is 15.0. The zero-order chi connectivity index (χ0) is 16.7. The lowest BCUT2D eigenvalue weighted by Gasteiger charge is -2.22. The molecule has 24 heavy (non-hydrogen) atoms. The largest absolute Gasteiger partial charge is 0.508 e. The number of nitrogens with two attached hydrogens (primary N) is 1. The molecule has 0 spiro atoms. The third kappa shape index (κ3) is 2.32. The predicted molar refractivity (Wildman–Crippen MR) is 101 cm³/mol. The van der Waals surface area contributed by atoms with Crippen LogP contribution >= 0.6 is 11.8 Å². The summed E-state index contributed by atoms with van der Waals surface area (Å²) in [6, 6.07) is 11.0. The number of nitrogens with zero attached hydrogens (tertiary/aromatic N) is 1. The van der Waals surface area contributed by atoms with Gasteiger partial charge in [-0.25, -0.2) is 4.98 Å². The SMILES string of the molecule is N=Cc1c(N)ccc2c3c(c(-c4ccc(O)cc4)nc12)CCSC3. The molecule has 4 rings (SSSR count). The summed E-state index contributed by atoms with van der Waals surface area (Å²) in [6.45, 7) is 0. The summed E-state index contributed by atoms with van der Waals surface area (Å²) in [5.41, 5.74) is 12.6. The Balaban J connectivity index is 2.09. The highest BCUT2D eigenvalue weighted by Crippen LogP contribution is 2.38. The Hall–Kier alpha value is -2.53. The lowest BCUT2D eigenvalue weighted by molar-refractivity contribution is 0.475. The third-order valence-electron chi connectivity index (χ3n) is 4.48. The molecule has 2 aromatic carbocycles. The van der Waals surface area contributed by atoms with Crippen molar-refractivity contribution in [3.05, 3.63) is 53.1 Å². The summed E-state index contributed by atoms with van der Waals surface area (Å²) in [5, 5.41) is 18.4. The smallest absolute Gasteiger partial charge is 0.115 e. The van der Waals surface area contributed by atoms with Gasteiger partial charge in [0, 0.05) is 34.2 Å². The van der Waals surface area contributed by atoms with Gasteiger partial charge in [-0.05, 0) is 53.6 Å². The van der Waals surface area contributed by atoms with E-state index in [1.54, 1.807) is 12.1 Å². The Morgan fingerprint density at radius 1 is 1.12 bits per heavy atom. The number of hydrogen-bond acceptors (Lipinski definition) is 5. The summed E-state index contributed by atoms with van der Waals surface area (Å²) >= 11 is 1.92. The van der Waals surface area contributed by atoms with Gasteiger partial charge in [-0.3, -0.25) is 0 Å². The van der Waals surface area contributed by atoms with Gasteiger partial charge >= 0.3 is 0 Å². The van der Waals surface area contributed by atoms with Crippen LogP contribution in [0.25, 0.3) is 22.2 Å². The van der Waals surface area contributed by atoms with E-state index in [4.69, 9.17) is 16.1 Å². The molecule has 1 aliphatic rings. The van der Waals surface area contributed by atoms with Crippen LogP contribution in [0, 0.1) is 5.41 Å². The molecule has 4 N–H and O–H groups in total. The number of nitrogen functional groups attached to an aromatic ring is 1. The van der Waals surface area contributed by atoms with Crippen LogP contribution in [-0.4, -0.2) is 22.1 Å². The molecule has 4 nitrogen and oxygen atoms in total. The van der Waals surface area contributed by atoms with Gasteiger partial charge in [0.2, 0.25) is 0 Å². The topological polar surface area (TPSA) is 83.0 Å². The average molecular weight is 335 g/mol. The van der Waals surface area contributed by atoms with E-state index in [-0.39, 0.29) is 5.75 Å². The standard InChI is InChI=1S/C19H17N3OS/c20-9-15-17(21)6-5-13-16-10-24-8-7-14(16)18(22-19(13)15)11-1-3-12(23)4-2-11/h1-6,9,20,23H,7-8,10,21H2. The summed E-state index contributed by atoms with van der Waals surface area (Å²) in [4.78, 5) is 4.90. The maximum atomic E-state index is 9.56. The van der Waals surface area contributed by atoms with Crippen LogP contribution in [0.3, 0.4) is 0 Å². The number of phenolic OH excluding ortho intramolecular Hbond substituents is 1. The van der Waals surface area contributed by atoms with E-state index in [9.17, 15) is 5.11 Å². The molecule has 0 aliphatic carbocycles. The van der Waals surface area contributed by atoms with E-state index in [2.05, 4.69) is 0 Å². The lowest BCUT2D eigenvalue weighted by Crippen LogP contribution is -2.09. The highest BCUT2D eigenvalue weighted by atomic mass is 32.2. The molecule has 2 heterocycles. The molecule has 0 saturated heterocycles. The van der Waals surface area contributed by atoms with Crippen molar-refractivity contribution in [2.75, 3.05) is 11.5 Å². The second kappa shape index (κ2) is 5.83. The Bertz CT molecular complexity index is 951. The Morgan fingerprint density at radius 2 is 1.92 bits per heavy atom. The fourth-order valence-electron chi connectivity index (χ4n) is 3.26. The number of benzene rings is 2. The van der Waals surface area contributed by atoms with E-state index in [1.807, 2.05) is 36.0 Å². The summed E-state index contributed by atoms with van der Waals surface area (Å²) in [5.74, 6) is 2.27. The summed E-state index contributed by atoms with van der Waals surface area (Å²) in [7, 11) is 0. The number of anilines is 1. The number of aromatic hydroxyl groups is 1. The number of nitrogens with one attached hydrogen (secondary N) is 1. The summed E-state index contributed by atoms with van der Waals surface area (Å²) in [6.07, 6.45) is 2.26. The number of phenols is 1. The number of rotatable bonds is 2. The van der Waals surface area contributed by atoms with Crippen LogP contribution in [0.4, 0.5) is 5.69 Å². The van der Waals surface area contributed by atoms with Gasteiger partial charge in [-0.2, -0.15) is 11.8 Å². The number of pyridine rings is 1. The van der Waals surface area contributed by atoms with E-state index in [1.165, 1.54) is 17.3 Å². The number of fused-ring (bicyclic) bond motifs is 3. The van der Waals surface area contributed by atoms with Gasteiger partial charge < -0.3 is 16.2 Å². The van der Waals surface area contributed by atoms with Crippen LogP contribution in [0.2, 0.25) is 0 Å². The van der Waals surface area contributed by atoms with Crippen molar-refractivity contribution < 1.29 is 5.11 Å². The quantitative estimate of drug-likeness (QED) is 0.489. The fourth-order valence-corrected chi connectivity index (χ4v) is 4.29. The molecule has 0 bridgehead atoms. The molecule has 5 heteroatoms. The van der Waals surface area contributed by atoms with Crippen LogP contribution in [-0.2, 0) is 12.2 Å².